The molecule has 0 unspecified atom stereocenters. The number of halogens is 1. The molecule has 17 heavy (non-hydrogen) atoms. The molecular weight excluding hydrogens is 256 g/mol. The van der Waals surface area contributed by atoms with E-state index in [0.29, 0.717) is 9.90 Å². The number of thiophene rings is 1. The average Bonchev–Trinajstić information content (AvgIpc) is 2.98. The summed E-state index contributed by atoms with van der Waals surface area (Å²) in [6.45, 7) is 0. The second kappa shape index (κ2) is 3.98. The minimum atomic E-state index is -0.0835. The third-order valence-corrected chi connectivity index (χ3v) is 4.04. The second-order valence-corrected chi connectivity index (χ2v) is 5.00. The fourth-order valence-electron chi connectivity index (χ4n) is 1.64. The number of hydrogen-bond donors (Lipinski definition) is 0. The molecule has 3 aromatic rings. The Hall–Kier alpha value is -1.65. The highest BCUT2D eigenvalue weighted by atomic mass is 35.5. The number of nitrogens with zero attached hydrogens (tertiary/aromatic N) is 2. The molecule has 0 radical (unpaired) electrons. The maximum absolute atomic E-state index is 12.1. The molecule has 0 saturated heterocycles. The number of fused-ring (bicyclic) bond motifs is 1. The first kappa shape index (κ1) is 10.5. The Kier molecular flexibility index (Phi) is 2.46. The van der Waals surface area contributed by atoms with Crippen LogP contribution in [-0.2, 0) is 0 Å². The number of carbonyl (C=O) groups excluding carboxylic acids is 1. The zero-order valence-corrected chi connectivity index (χ0v) is 10.2. The smallest absolute Gasteiger partial charge is 0.272 e. The molecule has 0 bridgehead atoms. The zero-order valence-electron chi connectivity index (χ0n) is 8.63. The van der Waals surface area contributed by atoms with Gasteiger partial charge in [0.2, 0.25) is 0 Å². The maximum Gasteiger partial charge on any atom is 0.273 e. The Morgan fingerprint density at radius 2 is 2.29 bits per heavy atom. The van der Waals surface area contributed by atoms with Crippen molar-refractivity contribution in [3.8, 4) is 0 Å². The van der Waals surface area contributed by atoms with E-state index in [4.69, 9.17) is 11.6 Å². The lowest BCUT2D eigenvalue weighted by Gasteiger charge is -1.95. The van der Waals surface area contributed by atoms with Crippen molar-refractivity contribution in [2.75, 3.05) is 0 Å². The molecule has 0 atom stereocenters. The number of imidazole rings is 1. The Bertz CT molecular complexity index is 688. The van der Waals surface area contributed by atoms with E-state index >= 15 is 0 Å². The van der Waals surface area contributed by atoms with Gasteiger partial charge < -0.3 is 0 Å². The zero-order chi connectivity index (χ0) is 11.8. The van der Waals surface area contributed by atoms with E-state index in [0.717, 1.165) is 10.1 Å². The molecule has 84 valence electrons. The van der Waals surface area contributed by atoms with Crippen LogP contribution in [0.1, 0.15) is 9.67 Å². The summed E-state index contributed by atoms with van der Waals surface area (Å²) >= 11 is 7.48. The van der Waals surface area contributed by atoms with Gasteiger partial charge >= 0.3 is 0 Å². The maximum atomic E-state index is 12.1. The lowest BCUT2D eigenvalue weighted by molar-refractivity contribution is 0.0964. The van der Waals surface area contributed by atoms with Gasteiger partial charge in [-0.05, 0) is 17.5 Å². The lowest BCUT2D eigenvalue weighted by atomic mass is 10.2. The third kappa shape index (κ3) is 1.75. The Balaban J connectivity index is 2.13. The fraction of sp³-hybridized carbons (Fsp3) is 0. The Labute approximate surface area is 106 Å². The molecule has 0 N–H and O–H groups in total. The Morgan fingerprint density at radius 1 is 1.41 bits per heavy atom. The first-order valence-electron chi connectivity index (χ1n) is 4.96. The third-order valence-electron chi connectivity index (χ3n) is 2.45. The van der Waals surface area contributed by atoms with Crippen molar-refractivity contribution < 1.29 is 4.79 Å². The molecule has 2 heterocycles. The van der Waals surface area contributed by atoms with Crippen LogP contribution in [0.15, 0.2) is 43.0 Å². The van der Waals surface area contributed by atoms with E-state index in [1.165, 1.54) is 22.2 Å². The van der Waals surface area contributed by atoms with Crippen molar-refractivity contribution in [3.63, 3.8) is 0 Å². The molecule has 0 spiro atoms. The van der Waals surface area contributed by atoms with Gasteiger partial charge in [-0.2, -0.15) is 0 Å². The normalized spacial score (nSPS) is 10.9. The molecule has 0 saturated carbocycles. The predicted molar refractivity (Wildman–Crippen MR) is 68.8 cm³/mol. The summed E-state index contributed by atoms with van der Waals surface area (Å²) in [6.07, 6.45) is 4.71. The van der Waals surface area contributed by atoms with Crippen LogP contribution in [-0.4, -0.2) is 15.5 Å². The van der Waals surface area contributed by atoms with Gasteiger partial charge in [-0.1, -0.05) is 23.7 Å². The number of benzene rings is 1. The molecule has 1 aromatic carbocycles. The SMILES string of the molecule is O=C(c1cc2cccc(Cl)c2s1)n1ccnc1. The van der Waals surface area contributed by atoms with Gasteiger partial charge in [0.05, 0.1) is 14.6 Å². The van der Waals surface area contributed by atoms with Crippen LogP contribution >= 0.6 is 22.9 Å². The van der Waals surface area contributed by atoms with E-state index in [1.54, 1.807) is 12.4 Å². The van der Waals surface area contributed by atoms with Gasteiger partial charge in [0, 0.05) is 12.4 Å². The quantitative estimate of drug-likeness (QED) is 0.673. The summed E-state index contributed by atoms with van der Waals surface area (Å²) in [5.41, 5.74) is 0. The second-order valence-electron chi connectivity index (χ2n) is 3.54. The van der Waals surface area contributed by atoms with Crippen LogP contribution in [0, 0.1) is 0 Å². The molecule has 0 aliphatic rings. The highest BCUT2D eigenvalue weighted by Crippen LogP contribution is 2.31. The average molecular weight is 263 g/mol. The van der Waals surface area contributed by atoms with Crippen molar-refractivity contribution in [1.82, 2.24) is 9.55 Å². The van der Waals surface area contributed by atoms with Gasteiger partial charge in [0.25, 0.3) is 5.91 Å². The number of rotatable bonds is 1. The number of carbonyl (C=O) groups is 1. The van der Waals surface area contributed by atoms with Gasteiger partial charge in [0.1, 0.15) is 6.33 Å². The minimum absolute atomic E-state index is 0.0835. The van der Waals surface area contributed by atoms with Crippen LogP contribution < -0.4 is 0 Å². The van der Waals surface area contributed by atoms with Crippen LogP contribution in [0.5, 0.6) is 0 Å². The van der Waals surface area contributed by atoms with Crippen molar-refractivity contribution in [3.05, 3.63) is 52.9 Å². The van der Waals surface area contributed by atoms with E-state index < -0.39 is 0 Å². The highest BCUT2D eigenvalue weighted by molar-refractivity contribution is 7.21. The van der Waals surface area contributed by atoms with E-state index in [9.17, 15) is 4.79 Å². The summed E-state index contributed by atoms with van der Waals surface area (Å²) in [7, 11) is 0. The predicted octanol–water partition coefficient (Wildman–Crippen LogP) is 3.44. The summed E-state index contributed by atoms with van der Waals surface area (Å²) < 4.78 is 2.40. The number of aromatic nitrogens is 2. The standard InChI is InChI=1S/C12H7ClN2OS/c13-9-3-1-2-8-6-10(17-11(8)9)12(16)15-5-4-14-7-15/h1-7H. The van der Waals surface area contributed by atoms with Crippen LogP contribution in [0.25, 0.3) is 10.1 Å². The summed E-state index contributed by atoms with van der Waals surface area (Å²) in [4.78, 5) is 16.6. The first-order valence-corrected chi connectivity index (χ1v) is 6.16. The van der Waals surface area contributed by atoms with Gasteiger partial charge in [0.15, 0.2) is 0 Å². The molecule has 0 amide bonds. The molecule has 3 rings (SSSR count). The van der Waals surface area contributed by atoms with Gasteiger partial charge in [-0.3, -0.25) is 9.36 Å². The molecule has 0 aliphatic carbocycles. The lowest BCUT2D eigenvalue weighted by Crippen LogP contribution is -2.07. The van der Waals surface area contributed by atoms with Crippen LogP contribution in [0.2, 0.25) is 5.02 Å². The molecule has 0 fully saturated rings. The van der Waals surface area contributed by atoms with E-state index in [-0.39, 0.29) is 5.91 Å². The van der Waals surface area contributed by atoms with E-state index in [1.807, 2.05) is 24.3 Å². The molecule has 5 heteroatoms. The molecule has 0 aliphatic heterocycles. The molecule has 2 aromatic heterocycles. The minimum Gasteiger partial charge on any atom is -0.272 e. The van der Waals surface area contributed by atoms with E-state index in [2.05, 4.69) is 4.98 Å². The Morgan fingerprint density at radius 3 is 3.00 bits per heavy atom. The van der Waals surface area contributed by atoms with Crippen molar-refractivity contribution in [2.24, 2.45) is 0 Å². The van der Waals surface area contributed by atoms with Crippen molar-refractivity contribution >= 4 is 38.9 Å². The van der Waals surface area contributed by atoms with Crippen LogP contribution in [0.4, 0.5) is 0 Å². The van der Waals surface area contributed by atoms with Crippen molar-refractivity contribution in [2.45, 2.75) is 0 Å². The summed E-state index contributed by atoms with van der Waals surface area (Å²) in [6, 6.07) is 7.51. The van der Waals surface area contributed by atoms with Crippen LogP contribution in [0.3, 0.4) is 0 Å². The van der Waals surface area contributed by atoms with Gasteiger partial charge in [-0.25, -0.2) is 4.98 Å². The molecular formula is C12H7ClN2OS. The highest BCUT2D eigenvalue weighted by Gasteiger charge is 2.12. The van der Waals surface area contributed by atoms with Crippen molar-refractivity contribution in [1.29, 1.82) is 0 Å². The first-order chi connectivity index (χ1) is 8.25. The number of hydrogen-bond acceptors (Lipinski definition) is 3. The fourth-order valence-corrected chi connectivity index (χ4v) is 2.95. The summed E-state index contributed by atoms with van der Waals surface area (Å²) in [5.74, 6) is -0.0835. The molecule has 3 nitrogen and oxygen atoms in total. The summed E-state index contributed by atoms with van der Waals surface area (Å²) in [5, 5.41) is 1.67. The largest absolute Gasteiger partial charge is 0.273 e. The van der Waals surface area contributed by atoms with Gasteiger partial charge in [-0.15, -0.1) is 11.3 Å². The topological polar surface area (TPSA) is 34.9 Å². The monoisotopic (exact) mass is 262 g/mol.